The van der Waals surface area contributed by atoms with E-state index in [0.29, 0.717) is 12.6 Å². The van der Waals surface area contributed by atoms with E-state index in [0.717, 1.165) is 17.7 Å². The molecule has 2 aromatic rings. The average Bonchev–Trinajstić information content (AvgIpc) is 3.50. The van der Waals surface area contributed by atoms with Gasteiger partial charge in [-0.2, -0.15) is 0 Å². The van der Waals surface area contributed by atoms with Gasteiger partial charge in [-0.25, -0.2) is 4.79 Å². The number of hydrogen-bond acceptors (Lipinski definition) is 4. The number of aromatic nitrogens is 1. The normalized spacial score (nSPS) is 13.6. The van der Waals surface area contributed by atoms with Crippen molar-refractivity contribution >= 4 is 29.7 Å². The molecule has 1 aromatic heterocycles. The minimum Gasteiger partial charge on any atom is -0.452 e. The van der Waals surface area contributed by atoms with Crippen molar-refractivity contribution < 1.29 is 14.3 Å². The molecule has 0 atom stereocenters. The van der Waals surface area contributed by atoms with Gasteiger partial charge in [-0.1, -0.05) is 18.2 Å². The van der Waals surface area contributed by atoms with Crippen molar-refractivity contribution in [2.75, 3.05) is 18.9 Å². The lowest BCUT2D eigenvalue weighted by atomic mass is 10.2. The Hall–Kier alpha value is -2.47. The van der Waals surface area contributed by atoms with E-state index in [1.165, 1.54) is 35.2 Å². The Bertz CT molecular complexity index is 870. The molecular weight excluding hydrogens is 384 g/mol. The molecule has 0 spiro atoms. The maximum absolute atomic E-state index is 11.9. The molecule has 154 valence electrons. The number of carbonyl (C=O) groups is 2. The number of rotatable bonds is 10. The molecule has 0 saturated heterocycles. The highest BCUT2D eigenvalue weighted by molar-refractivity contribution is 7.99. The second kappa shape index (κ2) is 10.3. The monoisotopic (exact) mass is 412 g/mol. The first-order valence-electron chi connectivity index (χ1n) is 10.0. The quantitative estimate of drug-likeness (QED) is 0.274. The van der Waals surface area contributed by atoms with Crippen LogP contribution in [0, 0.1) is 13.8 Å². The molecule has 3 rings (SSSR count). The van der Waals surface area contributed by atoms with Crippen molar-refractivity contribution in [2.45, 2.75) is 44.0 Å². The van der Waals surface area contributed by atoms with Gasteiger partial charge in [-0.3, -0.25) is 4.79 Å². The number of thioether (sulfide) groups is 1. The first-order chi connectivity index (χ1) is 14.0. The maximum Gasteiger partial charge on any atom is 0.331 e. The molecule has 1 amide bonds. The molecule has 0 radical (unpaired) electrons. The van der Waals surface area contributed by atoms with Crippen LogP contribution in [0.25, 0.3) is 6.08 Å². The number of amides is 1. The zero-order valence-electron chi connectivity index (χ0n) is 17.0. The van der Waals surface area contributed by atoms with E-state index in [2.05, 4.69) is 41.9 Å². The van der Waals surface area contributed by atoms with E-state index in [1.807, 2.05) is 18.2 Å². The van der Waals surface area contributed by atoms with Crippen LogP contribution in [0.4, 0.5) is 0 Å². The van der Waals surface area contributed by atoms with Gasteiger partial charge in [0.1, 0.15) is 0 Å². The Balaban J connectivity index is 1.32. The molecule has 0 aliphatic heterocycles. The Labute approximate surface area is 176 Å². The molecule has 1 aliphatic rings. The highest BCUT2D eigenvalue weighted by Crippen LogP contribution is 2.38. The minimum atomic E-state index is -0.504. The fourth-order valence-electron chi connectivity index (χ4n) is 3.27. The zero-order valence-corrected chi connectivity index (χ0v) is 17.8. The summed E-state index contributed by atoms with van der Waals surface area (Å²) in [5.41, 5.74) is 3.40. The zero-order chi connectivity index (χ0) is 20.6. The highest BCUT2D eigenvalue weighted by Gasteiger charge is 2.26. The summed E-state index contributed by atoms with van der Waals surface area (Å²) in [7, 11) is 0. The Morgan fingerprint density at radius 2 is 2.00 bits per heavy atom. The Morgan fingerprint density at radius 3 is 2.72 bits per heavy atom. The van der Waals surface area contributed by atoms with Crippen LogP contribution in [0.2, 0.25) is 0 Å². The molecule has 29 heavy (non-hydrogen) atoms. The van der Waals surface area contributed by atoms with Gasteiger partial charge < -0.3 is 14.6 Å². The van der Waals surface area contributed by atoms with Gasteiger partial charge in [0, 0.05) is 34.9 Å². The van der Waals surface area contributed by atoms with Crippen LogP contribution in [0.3, 0.4) is 0 Å². The summed E-state index contributed by atoms with van der Waals surface area (Å²) in [6.45, 7) is 4.47. The van der Waals surface area contributed by atoms with E-state index >= 15 is 0 Å². The minimum absolute atomic E-state index is 0.254. The van der Waals surface area contributed by atoms with Crippen molar-refractivity contribution in [1.82, 2.24) is 9.88 Å². The molecule has 1 aromatic carbocycles. The third-order valence-electron chi connectivity index (χ3n) is 4.84. The number of benzene rings is 1. The molecule has 1 fully saturated rings. The third-order valence-corrected chi connectivity index (χ3v) is 5.93. The van der Waals surface area contributed by atoms with E-state index in [-0.39, 0.29) is 12.5 Å². The highest BCUT2D eigenvalue weighted by atomic mass is 32.2. The number of esters is 1. The molecule has 1 aliphatic carbocycles. The topological polar surface area (TPSA) is 60.3 Å². The number of hydrogen-bond donors (Lipinski definition) is 1. The molecule has 5 nitrogen and oxygen atoms in total. The number of nitrogens with zero attached hydrogens (tertiary/aromatic N) is 1. The van der Waals surface area contributed by atoms with Crippen LogP contribution in [-0.2, 0) is 14.3 Å². The van der Waals surface area contributed by atoms with Crippen LogP contribution in [-0.4, -0.2) is 35.3 Å². The van der Waals surface area contributed by atoms with Crippen LogP contribution in [0.5, 0.6) is 0 Å². The van der Waals surface area contributed by atoms with Gasteiger partial charge in [0.05, 0.1) is 0 Å². The van der Waals surface area contributed by atoms with Gasteiger partial charge in [-0.05, 0) is 68.7 Å². The first kappa shape index (κ1) is 21.2. The van der Waals surface area contributed by atoms with Crippen LogP contribution in [0.15, 0.2) is 47.4 Å². The van der Waals surface area contributed by atoms with Gasteiger partial charge in [0.15, 0.2) is 6.61 Å². The number of ether oxygens (including phenoxy) is 1. The molecule has 0 bridgehead atoms. The summed E-state index contributed by atoms with van der Waals surface area (Å²) < 4.78 is 7.37. The van der Waals surface area contributed by atoms with Crippen molar-refractivity contribution in [2.24, 2.45) is 0 Å². The fourth-order valence-corrected chi connectivity index (χ4v) is 4.14. The van der Waals surface area contributed by atoms with Gasteiger partial charge >= 0.3 is 5.97 Å². The standard InChI is InChI=1S/C23H28N2O3S/c1-17-15-19(18(2)25(17)20-10-11-20)9-12-23(27)28-16-22(26)24-13-6-14-29-21-7-4-3-5-8-21/h3-5,7-9,12,15,20H,6,10-11,13-14,16H2,1-2H3,(H,24,26)/b12-9+. The van der Waals surface area contributed by atoms with E-state index < -0.39 is 5.97 Å². The lowest BCUT2D eigenvalue weighted by Crippen LogP contribution is -2.29. The number of carbonyl (C=O) groups excluding carboxylic acids is 2. The first-order valence-corrected chi connectivity index (χ1v) is 11.0. The second-order valence-electron chi connectivity index (χ2n) is 7.23. The average molecular weight is 413 g/mol. The molecular formula is C23H28N2O3S. The van der Waals surface area contributed by atoms with Gasteiger partial charge in [-0.15, -0.1) is 11.8 Å². The Morgan fingerprint density at radius 1 is 1.24 bits per heavy atom. The molecule has 1 heterocycles. The number of aryl methyl sites for hydroxylation is 1. The summed E-state index contributed by atoms with van der Waals surface area (Å²) >= 11 is 1.76. The predicted octanol–water partition coefficient (Wildman–Crippen LogP) is 4.29. The van der Waals surface area contributed by atoms with Gasteiger partial charge in [0.25, 0.3) is 5.91 Å². The molecule has 1 saturated carbocycles. The SMILES string of the molecule is Cc1cc(/C=C/C(=O)OCC(=O)NCCCSc2ccccc2)c(C)n1C1CC1. The molecule has 0 unspecified atom stereocenters. The summed E-state index contributed by atoms with van der Waals surface area (Å²) in [5, 5.41) is 2.78. The van der Waals surface area contributed by atoms with Gasteiger partial charge in [0.2, 0.25) is 0 Å². The van der Waals surface area contributed by atoms with Crippen molar-refractivity contribution in [3.63, 3.8) is 0 Å². The summed E-state index contributed by atoms with van der Waals surface area (Å²) in [6, 6.07) is 12.8. The maximum atomic E-state index is 11.9. The smallest absolute Gasteiger partial charge is 0.331 e. The lowest BCUT2D eigenvalue weighted by Gasteiger charge is -2.06. The number of nitrogens with one attached hydrogen (secondary N) is 1. The largest absolute Gasteiger partial charge is 0.452 e. The van der Waals surface area contributed by atoms with E-state index in [4.69, 9.17) is 4.74 Å². The van der Waals surface area contributed by atoms with E-state index in [1.54, 1.807) is 17.8 Å². The Kier molecular flexibility index (Phi) is 7.58. The van der Waals surface area contributed by atoms with Crippen molar-refractivity contribution in [3.8, 4) is 0 Å². The van der Waals surface area contributed by atoms with Crippen LogP contribution >= 0.6 is 11.8 Å². The fraction of sp³-hybridized carbons (Fsp3) is 0.391. The molecule has 1 N–H and O–H groups in total. The second-order valence-corrected chi connectivity index (χ2v) is 8.40. The lowest BCUT2D eigenvalue weighted by molar-refractivity contribution is -0.143. The van der Waals surface area contributed by atoms with Crippen LogP contribution in [0.1, 0.15) is 42.3 Å². The predicted molar refractivity (Wildman–Crippen MR) is 117 cm³/mol. The van der Waals surface area contributed by atoms with E-state index in [9.17, 15) is 9.59 Å². The summed E-state index contributed by atoms with van der Waals surface area (Å²) in [4.78, 5) is 24.9. The summed E-state index contributed by atoms with van der Waals surface area (Å²) in [6.07, 6.45) is 6.46. The summed E-state index contributed by atoms with van der Waals surface area (Å²) in [5.74, 6) is 0.144. The van der Waals surface area contributed by atoms with Crippen LogP contribution < -0.4 is 5.32 Å². The van der Waals surface area contributed by atoms with Crippen molar-refractivity contribution in [1.29, 1.82) is 0 Å². The third kappa shape index (κ3) is 6.53. The molecule has 6 heteroatoms. The van der Waals surface area contributed by atoms with Crippen molar-refractivity contribution in [3.05, 3.63) is 59.4 Å².